The van der Waals surface area contributed by atoms with Crippen LogP contribution in [0.25, 0.3) is 0 Å². The summed E-state index contributed by atoms with van der Waals surface area (Å²) in [6.45, 7) is 0. The molecular weight excluding hydrogens is 362 g/mol. The molecule has 0 unspecified atom stereocenters. The fourth-order valence-corrected chi connectivity index (χ4v) is 2.37. The molecule has 0 heterocycles. The summed E-state index contributed by atoms with van der Waals surface area (Å²) in [5.41, 5.74) is 5.87. The third-order valence-electron chi connectivity index (χ3n) is 2.67. The van der Waals surface area contributed by atoms with Gasteiger partial charge in [-0.2, -0.15) is 0 Å². The third kappa shape index (κ3) is 3.50. The first-order chi connectivity index (χ1) is 9.88. The Balaban J connectivity index is 2.24. The second-order valence-electron chi connectivity index (χ2n) is 4.11. The highest BCUT2D eigenvalue weighted by Gasteiger charge is 2.15. The zero-order valence-electron chi connectivity index (χ0n) is 10.5. The number of nitrogens with zero attached hydrogens (tertiary/aromatic N) is 1. The lowest BCUT2D eigenvalue weighted by atomic mass is 10.1. The lowest BCUT2D eigenvalue weighted by Crippen LogP contribution is -2.12. The van der Waals surface area contributed by atoms with Gasteiger partial charge in [0.25, 0.3) is 11.6 Å². The number of carbonyl (C=O) groups is 1. The Labute approximate surface area is 133 Å². The van der Waals surface area contributed by atoms with Crippen LogP contribution in [0.5, 0.6) is 0 Å². The number of halogens is 2. The van der Waals surface area contributed by atoms with Crippen LogP contribution in [-0.4, -0.2) is 10.8 Å². The van der Waals surface area contributed by atoms with E-state index >= 15 is 0 Å². The number of amides is 1. The Morgan fingerprint density at radius 1 is 1.29 bits per heavy atom. The predicted molar refractivity (Wildman–Crippen MR) is 84.6 cm³/mol. The molecule has 8 heteroatoms. The van der Waals surface area contributed by atoms with Gasteiger partial charge in [-0.1, -0.05) is 27.5 Å². The lowest BCUT2D eigenvalue weighted by Gasteiger charge is -2.08. The van der Waals surface area contributed by atoms with Crippen molar-refractivity contribution in [2.75, 3.05) is 11.1 Å². The Hall–Kier alpha value is -2.12. The minimum Gasteiger partial charge on any atom is -0.393 e. The quantitative estimate of drug-likeness (QED) is 0.487. The normalized spacial score (nSPS) is 10.2. The van der Waals surface area contributed by atoms with Crippen molar-refractivity contribution in [2.45, 2.75) is 0 Å². The van der Waals surface area contributed by atoms with E-state index in [0.717, 1.165) is 4.47 Å². The van der Waals surface area contributed by atoms with Gasteiger partial charge in [0.1, 0.15) is 5.69 Å². The largest absolute Gasteiger partial charge is 0.393 e. The molecule has 0 radical (unpaired) electrons. The third-order valence-corrected chi connectivity index (χ3v) is 3.47. The molecule has 0 aliphatic heterocycles. The number of rotatable bonds is 3. The summed E-state index contributed by atoms with van der Waals surface area (Å²) in [6.07, 6.45) is 0. The van der Waals surface area contributed by atoms with Gasteiger partial charge in [0, 0.05) is 16.1 Å². The summed E-state index contributed by atoms with van der Waals surface area (Å²) in [5, 5.41) is 13.7. The van der Waals surface area contributed by atoms with Crippen LogP contribution < -0.4 is 11.1 Å². The minimum absolute atomic E-state index is 0.0745. The number of carbonyl (C=O) groups excluding carboxylic acids is 1. The van der Waals surface area contributed by atoms with E-state index in [1.54, 1.807) is 18.2 Å². The number of nitro benzene ring substituents is 1. The zero-order valence-corrected chi connectivity index (χ0v) is 12.8. The summed E-state index contributed by atoms with van der Waals surface area (Å²) < 4.78 is 0.782. The molecule has 0 spiro atoms. The van der Waals surface area contributed by atoms with Crippen LogP contribution in [0, 0.1) is 10.1 Å². The molecule has 0 bridgehead atoms. The average molecular weight is 371 g/mol. The highest BCUT2D eigenvalue weighted by atomic mass is 79.9. The van der Waals surface area contributed by atoms with E-state index in [1.165, 1.54) is 18.2 Å². The van der Waals surface area contributed by atoms with Crippen LogP contribution in [-0.2, 0) is 0 Å². The van der Waals surface area contributed by atoms with Crippen molar-refractivity contribution in [1.29, 1.82) is 0 Å². The number of anilines is 2. The molecule has 0 aliphatic rings. The maximum absolute atomic E-state index is 12.1. The second-order valence-corrected chi connectivity index (χ2v) is 5.43. The van der Waals surface area contributed by atoms with E-state index in [1.807, 2.05) is 0 Å². The average Bonchev–Trinajstić information content (AvgIpc) is 2.41. The standard InChI is InChI=1S/C13H9BrClN3O3/c14-8-2-3-11(9(15)6-8)17-13(19)7-1-4-12(18(20)21)10(16)5-7/h1-6H,16H2,(H,17,19). The molecule has 0 saturated carbocycles. The van der Waals surface area contributed by atoms with Gasteiger partial charge in [-0.3, -0.25) is 14.9 Å². The van der Waals surface area contributed by atoms with Gasteiger partial charge in [0.15, 0.2) is 0 Å². The summed E-state index contributed by atoms with van der Waals surface area (Å²) in [4.78, 5) is 22.1. The first-order valence-electron chi connectivity index (χ1n) is 5.69. The van der Waals surface area contributed by atoms with Crippen LogP contribution in [0.15, 0.2) is 40.9 Å². The fourth-order valence-electron chi connectivity index (χ4n) is 1.65. The van der Waals surface area contributed by atoms with E-state index in [2.05, 4.69) is 21.2 Å². The van der Waals surface area contributed by atoms with Gasteiger partial charge >= 0.3 is 0 Å². The SMILES string of the molecule is Nc1cc(C(=O)Nc2ccc(Br)cc2Cl)ccc1[N+](=O)[O-]. The Morgan fingerprint density at radius 2 is 2.00 bits per heavy atom. The molecule has 0 aliphatic carbocycles. The molecule has 0 fully saturated rings. The lowest BCUT2D eigenvalue weighted by molar-refractivity contribution is -0.383. The molecule has 2 rings (SSSR count). The molecule has 108 valence electrons. The maximum Gasteiger partial charge on any atom is 0.292 e. The van der Waals surface area contributed by atoms with Crippen molar-refractivity contribution in [3.05, 3.63) is 61.6 Å². The highest BCUT2D eigenvalue weighted by Crippen LogP contribution is 2.27. The summed E-state index contributed by atoms with van der Waals surface area (Å²) in [7, 11) is 0. The van der Waals surface area contributed by atoms with E-state index in [0.29, 0.717) is 10.7 Å². The van der Waals surface area contributed by atoms with Crippen molar-refractivity contribution in [3.63, 3.8) is 0 Å². The van der Waals surface area contributed by atoms with Gasteiger partial charge < -0.3 is 11.1 Å². The van der Waals surface area contributed by atoms with Crippen molar-refractivity contribution in [1.82, 2.24) is 0 Å². The second kappa shape index (κ2) is 6.11. The van der Waals surface area contributed by atoms with Gasteiger partial charge in [-0.05, 0) is 30.3 Å². The molecule has 21 heavy (non-hydrogen) atoms. The van der Waals surface area contributed by atoms with Gasteiger partial charge in [-0.25, -0.2) is 0 Å². The molecule has 0 atom stereocenters. The van der Waals surface area contributed by atoms with Gasteiger partial charge in [-0.15, -0.1) is 0 Å². The fraction of sp³-hybridized carbons (Fsp3) is 0. The first-order valence-corrected chi connectivity index (χ1v) is 6.86. The van der Waals surface area contributed by atoms with Crippen LogP contribution in [0.2, 0.25) is 5.02 Å². The van der Waals surface area contributed by atoms with Crippen molar-refractivity contribution in [3.8, 4) is 0 Å². The molecule has 0 saturated heterocycles. The smallest absolute Gasteiger partial charge is 0.292 e. The molecular formula is C13H9BrClN3O3. The van der Waals surface area contributed by atoms with Gasteiger partial charge in [0.2, 0.25) is 0 Å². The molecule has 2 aromatic carbocycles. The summed E-state index contributed by atoms with van der Waals surface area (Å²) in [5.74, 6) is -0.458. The number of nitrogen functional groups attached to an aromatic ring is 1. The van der Waals surface area contributed by atoms with Crippen LogP contribution >= 0.6 is 27.5 Å². The Morgan fingerprint density at radius 3 is 2.57 bits per heavy atom. The number of benzene rings is 2. The predicted octanol–water partition coefficient (Wildman–Crippen LogP) is 3.85. The number of nitrogens with one attached hydrogen (secondary N) is 1. The minimum atomic E-state index is -0.609. The van der Waals surface area contributed by atoms with E-state index < -0.39 is 10.8 Å². The van der Waals surface area contributed by atoms with E-state index in [9.17, 15) is 14.9 Å². The van der Waals surface area contributed by atoms with Crippen molar-refractivity contribution < 1.29 is 9.72 Å². The molecule has 6 nitrogen and oxygen atoms in total. The Kier molecular flexibility index (Phi) is 4.44. The monoisotopic (exact) mass is 369 g/mol. The number of hydrogen-bond acceptors (Lipinski definition) is 4. The Bertz CT molecular complexity index is 737. The number of nitro groups is 1. The van der Waals surface area contributed by atoms with E-state index in [4.69, 9.17) is 17.3 Å². The maximum atomic E-state index is 12.1. The van der Waals surface area contributed by atoms with Crippen molar-refractivity contribution >= 4 is 50.5 Å². The molecule has 1 amide bonds. The number of nitrogens with two attached hydrogens (primary N) is 1. The topological polar surface area (TPSA) is 98.3 Å². The highest BCUT2D eigenvalue weighted by molar-refractivity contribution is 9.10. The molecule has 2 aromatic rings. The van der Waals surface area contributed by atoms with Crippen molar-refractivity contribution in [2.24, 2.45) is 0 Å². The van der Waals surface area contributed by atoms with Gasteiger partial charge in [0.05, 0.1) is 15.6 Å². The molecule has 3 N–H and O–H groups in total. The van der Waals surface area contributed by atoms with Crippen LogP contribution in [0.4, 0.5) is 17.1 Å². The van der Waals surface area contributed by atoms with E-state index in [-0.39, 0.29) is 16.9 Å². The first kappa shape index (κ1) is 15.3. The summed E-state index contributed by atoms with van der Waals surface area (Å²) >= 11 is 9.26. The summed E-state index contributed by atoms with van der Waals surface area (Å²) in [6, 6.07) is 8.77. The zero-order chi connectivity index (χ0) is 15.6. The number of hydrogen-bond donors (Lipinski definition) is 2. The van der Waals surface area contributed by atoms with Crippen LogP contribution in [0.1, 0.15) is 10.4 Å². The molecule has 0 aromatic heterocycles. The van der Waals surface area contributed by atoms with Crippen LogP contribution in [0.3, 0.4) is 0 Å².